The van der Waals surface area contributed by atoms with Crippen LogP contribution in [0.4, 0.5) is 0 Å². The fourth-order valence-corrected chi connectivity index (χ4v) is 3.64. The SMILES string of the molecule is C[C@H]1CN(C(=O)c2cncc(Cl)c2)CCN1S(C)(=O)=O. The van der Waals surface area contributed by atoms with Crippen molar-refractivity contribution >= 4 is 27.5 Å². The topological polar surface area (TPSA) is 70.6 Å². The number of nitrogens with zero attached hydrogens (tertiary/aromatic N) is 3. The number of halogens is 1. The summed E-state index contributed by atoms with van der Waals surface area (Å²) in [7, 11) is -3.23. The number of pyridine rings is 1. The molecule has 1 fully saturated rings. The quantitative estimate of drug-likeness (QED) is 0.810. The van der Waals surface area contributed by atoms with Crippen LogP contribution in [0.5, 0.6) is 0 Å². The van der Waals surface area contributed by atoms with E-state index >= 15 is 0 Å². The van der Waals surface area contributed by atoms with Crippen LogP contribution in [0.2, 0.25) is 5.02 Å². The molecule has 1 aromatic heterocycles. The first-order chi connectivity index (χ1) is 9.29. The van der Waals surface area contributed by atoms with Gasteiger partial charge >= 0.3 is 0 Å². The molecule has 6 nitrogen and oxygen atoms in total. The lowest BCUT2D eigenvalue weighted by atomic mass is 10.2. The second kappa shape index (κ2) is 5.67. The molecule has 0 bridgehead atoms. The highest BCUT2D eigenvalue weighted by molar-refractivity contribution is 7.88. The maximum atomic E-state index is 12.3. The minimum absolute atomic E-state index is 0.181. The number of piperazine rings is 1. The number of hydrogen-bond donors (Lipinski definition) is 0. The first-order valence-electron chi connectivity index (χ1n) is 6.15. The lowest BCUT2D eigenvalue weighted by Gasteiger charge is -2.38. The van der Waals surface area contributed by atoms with Crippen molar-refractivity contribution in [2.45, 2.75) is 13.0 Å². The standard InChI is InChI=1S/C12H16ClN3O3S/c1-9-8-15(3-4-16(9)20(2,18)19)12(17)10-5-11(13)7-14-6-10/h5-7,9H,3-4,8H2,1-2H3/t9-/m0/s1. The molecule has 1 saturated heterocycles. The summed E-state index contributed by atoms with van der Waals surface area (Å²) in [5.74, 6) is -0.181. The highest BCUT2D eigenvalue weighted by Crippen LogP contribution is 2.17. The molecule has 0 saturated carbocycles. The summed E-state index contributed by atoms with van der Waals surface area (Å²) in [6, 6.07) is 1.32. The van der Waals surface area contributed by atoms with Crippen molar-refractivity contribution in [3.05, 3.63) is 29.0 Å². The fourth-order valence-electron chi connectivity index (χ4n) is 2.33. The molecule has 1 amide bonds. The number of carbonyl (C=O) groups is 1. The number of aromatic nitrogens is 1. The van der Waals surface area contributed by atoms with Gasteiger partial charge in [0, 0.05) is 38.1 Å². The molecule has 0 spiro atoms. The highest BCUT2D eigenvalue weighted by Gasteiger charge is 2.32. The number of sulfonamides is 1. The molecule has 1 atom stereocenters. The minimum Gasteiger partial charge on any atom is -0.336 e. The lowest BCUT2D eigenvalue weighted by molar-refractivity contribution is 0.0642. The molecular weight excluding hydrogens is 302 g/mol. The third kappa shape index (κ3) is 3.28. The monoisotopic (exact) mass is 317 g/mol. The van der Waals surface area contributed by atoms with E-state index in [2.05, 4.69) is 4.98 Å². The van der Waals surface area contributed by atoms with Crippen molar-refractivity contribution < 1.29 is 13.2 Å². The Morgan fingerprint density at radius 3 is 2.65 bits per heavy atom. The average molecular weight is 318 g/mol. The molecule has 0 aliphatic carbocycles. The van der Waals surface area contributed by atoms with Gasteiger partial charge in [0.1, 0.15) is 0 Å². The van der Waals surface area contributed by atoms with E-state index in [9.17, 15) is 13.2 Å². The van der Waals surface area contributed by atoms with Gasteiger partial charge in [0.2, 0.25) is 10.0 Å². The van der Waals surface area contributed by atoms with E-state index in [-0.39, 0.29) is 11.9 Å². The Balaban J connectivity index is 2.12. The zero-order valence-electron chi connectivity index (χ0n) is 11.3. The summed E-state index contributed by atoms with van der Waals surface area (Å²) in [6.07, 6.45) is 4.10. The average Bonchev–Trinajstić information content (AvgIpc) is 2.36. The van der Waals surface area contributed by atoms with Crippen LogP contribution in [-0.4, -0.2) is 60.4 Å². The normalized spacial score (nSPS) is 20.9. The van der Waals surface area contributed by atoms with Crippen LogP contribution >= 0.6 is 11.6 Å². The third-order valence-corrected chi connectivity index (χ3v) is 4.83. The summed E-state index contributed by atoms with van der Waals surface area (Å²) in [5, 5.41) is 0.402. The molecule has 2 rings (SSSR count). The predicted octanol–water partition coefficient (Wildman–Crippen LogP) is 0.841. The number of hydrogen-bond acceptors (Lipinski definition) is 4. The molecule has 1 aliphatic heterocycles. The summed E-state index contributed by atoms with van der Waals surface area (Å²) in [6.45, 7) is 2.82. The van der Waals surface area contributed by atoms with Crippen molar-refractivity contribution in [3.8, 4) is 0 Å². The maximum Gasteiger partial charge on any atom is 0.255 e. The van der Waals surface area contributed by atoms with Crippen LogP contribution in [0.15, 0.2) is 18.5 Å². The molecule has 1 aromatic rings. The molecular formula is C12H16ClN3O3S. The van der Waals surface area contributed by atoms with E-state index in [1.807, 2.05) is 0 Å². The second-order valence-electron chi connectivity index (χ2n) is 4.87. The van der Waals surface area contributed by atoms with Gasteiger partial charge in [-0.3, -0.25) is 9.78 Å². The van der Waals surface area contributed by atoms with E-state index < -0.39 is 10.0 Å². The highest BCUT2D eigenvalue weighted by atomic mass is 35.5. The van der Waals surface area contributed by atoms with Crippen LogP contribution in [0.25, 0.3) is 0 Å². The van der Waals surface area contributed by atoms with Gasteiger partial charge in [-0.15, -0.1) is 0 Å². The summed E-state index contributed by atoms with van der Waals surface area (Å²) < 4.78 is 24.6. The predicted molar refractivity (Wildman–Crippen MR) is 76.2 cm³/mol. The molecule has 0 unspecified atom stereocenters. The Morgan fingerprint density at radius 2 is 2.10 bits per heavy atom. The molecule has 2 heterocycles. The molecule has 0 N–H and O–H groups in total. The van der Waals surface area contributed by atoms with Gasteiger partial charge in [-0.05, 0) is 13.0 Å². The Morgan fingerprint density at radius 1 is 1.40 bits per heavy atom. The van der Waals surface area contributed by atoms with Crippen molar-refractivity contribution in [2.75, 3.05) is 25.9 Å². The molecule has 0 aromatic carbocycles. The molecule has 8 heteroatoms. The van der Waals surface area contributed by atoms with E-state index in [0.29, 0.717) is 30.2 Å². The summed E-state index contributed by atoms with van der Waals surface area (Å²) in [4.78, 5) is 17.8. The van der Waals surface area contributed by atoms with Crippen LogP contribution < -0.4 is 0 Å². The zero-order chi connectivity index (χ0) is 14.9. The van der Waals surface area contributed by atoms with Gasteiger partial charge < -0.3 is 4.90 Å². The van der Waals surface area contributed by atoms with E-state index in [4.69, 9.17) is 11.6 Å². The van der Waals surface area contributed by atoms with Crippen molar-refractivity contribution in [1.82, 2.24) is 14.2 Å². The number of amides is 1. The van der Waals surface area contributed by atoms with Gasteiger partial charge in [0.05, 0.1) is 16.8 Å². The fraction of sp³-hybridized carbons (Fsp3) is 0.500. The molecule has 20 heavy (non-hydrogen) atoms. The molecule has 0 radical (unpaired) electrons. The molecule has 1 aliphatic rings. The Labute approximate surface area is 123 Å². The Bertz CT molecular complexity index is 620. The van der Waals surface area contributed by atoms with Gasteiger partial charge in [-0.25, -0.2) is 8.42 Å². The van der Waals surface area contributed by atoms with Gasteiger partial charge in [0.15, 0.2) is 0 Å². The largest absolute Gasteiger partial charge is 0.336 e. The van der Waals surface area contributed by atoms with Crippen LogP contribution in [0, 0.1) is 0 Å². The Kier molecular flexibility index (Phi) is 4.31. The first kappa shape index (κ1) is 15.2. The van der Waals surface area contributed by atoms with Crippen molar-refractivity contribution in [3.63, 3.8) is 0 Å². The van der Waals surface area contributed by atoms with E-state index in [1.165, 1.54) is 23.0 Å². The zero-order valence-corrected chi connectivity index (χ0v) is 12.9. The number of carbonyl (C=O) groups excluding carboxylic acids is 1. The Hall–Kier alpha value is -1.18. The third-order valence-electron chi connectivity index (χ3n) is 3.23. The smallest absolute Gasteiger partial charge is 0.255 e. The van der Waals surface area contributed by atoms with E-state index in [1.54, 1.807) is 17.9 Å². The van der Waals surface area contributed by atoms with E-state index in [0.717, 1.165) is 0 Å². The first-order valence-corrected chi connectivity index (χ1v) is 8.38. The minimum atomic E-state index is -3.23. The van der Waals surface area contributed by atoms with Crippen LogP contribution in [0.3, 0.4) is 0 Å². The van der Waals surface area contributed by atoms with Crippen LogP contribution in [0.1, 0.15) is 17.3 Å². The van der Waals surface area contributed by atoms with Crippen molar-refractivity contribution in [1.29, 1.82) is 0 Å². The second-order valence-corrected chi connectivity index (χ2v) is 7.24. The summed E-state index contributed by atoms with van der Waals surface area (Å²) in [5.41, 5.74) is 0.414. The number of rotatable bonds is 2. The van der Waals surface area contributed by atoms with Crippen molar-refractivity contribution in [2.24, 2.45) is 0 Å². The van der Waals surface area contributed by atoms with Gasteiger partial charge in [-0.2, -0.15) is 4.31 Å². The summed E-state index contributed by atoms with van der Waals surface area (Å²) >= 11 is 5.82. The molecule has 110 valence electrons. The lowest BCUT2D eigenvalue weighted by Crippen LogP contribution is -2.55. The maximum absolute atomic E-state index is 12.3. The van der Waals surface area contributed by atoms with Crippen LogP contribution in [-0.2, 0) is 10.0 Å². The van der Waals surface area contributed by atoms with Gasteiger partial charge in [0.25, 0.3) is 5.91 Å². The van der Waals surface area contributed by atoms with Gasteiger partial charge in [-0.1, -0.05) is 11.6 Å².